The van der Waals surface area contributed by atoms with E-state index >= 15 is 0 Å². The van der Waals surface area contributed by atoms with Crippen LogP contribution >= 0.6 is 7.92 Å². The van der Waals surface area contributed by atoms with E-state index in [4.69, 9.17) is 9.97 Å². The molecule has 0 bridgehead atoms. The summed E-state index contributed by atoms with van der Waals surface area (Å²) in [5.74, 6) is 1.51. The Morgan fingerprint density at radius 1 is 0.679 bits per heavy atom. The molecule has 3 rings (SSSR count). The molecule has 0 saturated heterocycles. The summed E-state index contributed by atoms with van der Waals surface area (Å²) in [6, 6.07) is 0. The predicted molar refractivity (Wildman–Crippen MR) is 118 cm³/mol. The van der Waals surface area contributed by atoms with Gasteiger partial charge in [0.2, 0.25) is 0 Å². The molecule has 0 fully saturated rings. The summed E-state index contributed by atoms with van der Waals surface area (Å²) < 4.78 is 0. The van der Waals surface area contributed by atoms with E-state index in [-0.39, 0.29) is 0 Å². The van der Waals surface area contributed by atoms with Gasteiger partial charge in [-0.25, -0.2) is 15.0 Å². The minimum Gasteiger partial charge on any atom is -0.344 e. The maximum absolute atomic E-state index is 5.05. The van der Waals surface area contributed by atoms with E-state index in [0.29, 0.717) is 23.7 Å². The van der Waals surface area contributed by atoms with Crippen molar-refractivity contribution in [3.8, 4) is 0 Å². The van der Waals surface area contributed by atoms with Crippen molar-refractivity contribution in [3.63, 3.8) is 0 Å². The molecule has 0 spiro atoms. The second-order valence-corrected chi connectivity index (χ2v) is 10.5. The zero-order valence-electron chi connectivity index (χ0n) is 18.3. The molecule has 0 atom stereocenters. The van der Waals surface area contributed by atoms with E-state index in [1.807, 2.05) is 6.20 Å². The van der Waals surface area contributed by atoms with Crippen molar-refractivity contribution in [2.75, 3.05) is 0 Å². The first-order valence-electron chi connectivity index (χ1n) is 10.2. The quantitative estimate of drug-likeness (QED) is 0.522. The first-order chi connectivity index (χ1) is 13.2. The van der Waals surface area contributed by atoms with Gasteiger partial charge in [-0.2, -0.15) is 0 Å². The van der Waals surface area contributed by atoms with Crippen molar-refractivity contribution in [3.05, 3.63) is 35.2 Å². The summed E-state index contributed by atoms with van der Waals surface area (Å²) in [6.07, 6.45) is 3.67. The van der Waals surface area contributed by atoms with Gasteiger partial charge in [0.05, 0.1) is 11.4 Å². The highest BCUT2D eigenvalue weighted by atomic mass is 31.1. The summed E-state index contributed by atoms with van der Waals surface area (Å²) in [5, 5.41) is 0. The number of aromatic nitrogens is 6. The smallest absolute Gasteiger partial charge is 0.144 e. The molecule has 3 aromatic rings. The number of H-pyrrole nitrogens is 3. The lowest BCUT2D eigenvalue weighted by molar-refractivity contribution is 0.759. The predicted octanol–water partition coefficient (Wildman–Crippen LogP) is 4.11. The summed E-state index contributed by atoms with van der Waals surface area (Å²) in [6.45, 7) is 17.6. The van der Waals surface area contributed by atoms with Crippen molar-refractivity contribution < 1.29 is 0 Å². The zero-order chi connectivity index (χ0) is 20.6. The molecule has 7 heteroatoms. The first-order valence-corrected chi connectivity index (χ1v) is 11.5. The number of nitrogens with one attached hydrogen (secondary N) is 3. The zero-order valence-corrected chi connectivity index (χ0v) is 19.1. The monoisotopic (exact) mass is 400 g/mol. The summed E-state index contributed by atoms with van der Waals surface area (Å²) in [7, 11) is -0.999. The summed E-state index contributed by atoms with van der Waals surface area (Å²) >= 11 is 0. The van der Waals surface area contributed by atoms with Crippen LogP contribution in [0.15, 0.2) is 12.4 Å². The van der Waals surface area contributed by atoms with Crippen molar-refractivity contribution >= 4 is 24.6 Å². The minimum atomic E-state index is -0.999. The molecule has 6 nitrogen and oxygen atoms in total. The van der Waals surface area contributed by atoms with Crippen LogP contribution in [0.25, 0.3) is 0 Å². The van der Waals surface area contributed by atoms with Gasteiger partial charge in [-0.05, 0) is 23.7 Å². The van der Waals surface area contributed by atoms with Crippen LogP contribution in [0.5, 0.6) is 0 Å². The average Bonchev–Trinajstić information content (AvgIpc) is 3.35. The van der Waals surface area contributed by atoms with Crippen LogP contribution in [0.4, 0.5) is 0 Å². The number of nitrogens with zero attached hydrogens (tertiary/aromatic N) is 3. The summed E-state index contributed by atoms with van der Waals surface area (Å²) in [5.41, 5.74) is 7.53. The van der Waals surface area contributed by atoms with E-state index in [9.17, 15) is 0 Å². The van der Waals surface area contributed by atoms with E-state index in [0.717, 1.165) is 28.1 Å². The molecule has 0 aliphatic heterocycles. The Morgan fingerprint density at radius 3 is 1.43 bits per heavy atom. The number of hydrogen-bond acceptors (Lipinski definition) is 3. The van der Waals surface area contributed by atoms with Crippen LogP contribution in [0, 0.1) is 0 Å². The molecule has 0 aromatic carbocycles. The third kappa shape index (κ3) is 3.93. The van der Waals surface area contributed by atoms with Gasteiger partial charge in [-0.15, -0.1) is 0 Å². The highest BCUT2D eigenvalue weighted by molar-refractivity contribution is 7.78. The summed E-state index contributed by atoms with van der Waals surface area (Å²) in [4.78, 5) is 25.2. The van der Waals surface area contributed by atoms with Crippen molar-refractivity contribution in [1.29, 1.82) is 0 Å². The second kappa shape index (κ2) is 8.20. The Kier molecular flexibility index (Phi) is 6.09. The Hall–Kier alpha value is -1.94. The number of imidazole rings is 3. The third-order valence-corrected chi connectivity index (χ3v) is 6.80. The highest BCUT2D eigenvalue weighted by Gasteiger charge is 2.30. The Bertz CT molecular complexity index is 792. The fraction of sp³-hybridized carbons (Fsp3) is 0.571. The van der Waals surface area contributed by atoms with E-state index in [2.05, 4.69) is 75.3 Å². The topological polar surface area (TPSA) is 86.0 Å². The van der Waals surface area contributed by atoms with E-state index in [1.165, 1.54) is 11.4 Å². The molecular weight excluding hydrogens is 367 g/mol. The Morgan fingerprint density at radius 2 is 1.14 bits per heavy atom. The molecule has 0 saturated carbocycles. The standard InChI is InChI=1S/C21H33N6P/c1-11(2)15-16(12(3)4)25-20(24-15)28(19-22-9-10-23-19)21-26-17(13(5)6)18(27-21)14(7)8/h9-14H,1-8H3,(H,22,23)(H,24,25)(H,26,27). The fourth-order valence-electron chi connectivity index (χ4n) is 3.43. The van der Waals surface area contributed by atoms with Gasteiger partial charge in [0, 0.05) is 23.8 Å². The molecule has 28 heavy (non-hydrogen) atoms. The molecular formula is C21H33N6P. The van der Waals surface area contributed by atoms with Gasteiger partial charge in [0.15, 0.2) is 0 Å². The van der Waals surface area contributed by atoms with E-state index < -0.39 is 7.92 Å². The van der Waals surface area contributed by atoms with Crippen LogP contribution in [-0.2, 0) is 0 Å². The van der Waals surface area contributed by atoms with Crippen molar-refractivity contribution in [1.82, 2.24) is 29.9 Å². The molecule has 152 valence electrons. The van der Waals surface area contributed by atoms with Gasteiger partial charge in [-0.1, -0.05) is 55.4 Å². The number of hydrogen-bond donors (Lipinski definition) is 3. The maximum Gasteiger partial charge on any atom is 0.144 e. The molecule has 3 N–H and O–H groups in total. The first kappa shape index (κ1) is 20.8. The molecule has 3 heterocycles. The SMILES string of the molecule is CC(C)c1nc(P(c2ncc[nH]2)c2nc(C(C)C)c(C(C)C)[nH]2)[nH]c1C(C)C. The highest BCUT2D eigenvalue weighted by Crippen LogP contribution is 2.34. The normalized spacial score (nSPS) is 12.5. The van der Waals surface area contributed by atoms with Gasteiger partial charge in [-0.3, -0.25) is 0 Å². The lowest BCUT2D eigenvalue weighted by atomic mass is 10.0. The lowest BCUT2D eigenvalue weighted by Crippen LogP contribution is -2.28. The van der Waals surface area contributed by atoms with Crippen molar-refractivity contribution in [2.45, 2.75) is 79.1 Å². The minimum absolute atomic E-state index is 0.366. The largest absolute Gasteiger partial charge is 0.344 e. The molecule has 0 aliphatic rings. The van der Waals surface area contributed by atoms with Gasteiger partial charge >= 0.3 is 0 Å². The van der Waals surface area contributed by atoms with Crippen LogP contribution in [-0.4, -0.2) is 29.9 Å². The third-order valence-electron chi connectivity index (χ3n) is 4.87. The molecule has 0 radical (unpaired) electrons. The van der Waals surface area contributed by atoms with Crippen LogP contribution in [0.1, 0.15) is 102 Å². The lowest BCUT2D eigenvalue weighted by Gasteiger charge is -2.10. The maximum atomic E-state index is 5.05. The molecule has 0 unspecified atom stereocenters. The van der Waals surface area contributed by atoms with Crippen molar-refractivity contribution in [2.24, 2.45) is 0 Å². The fourth-order valence-corrected chi connectivity index (χ4v) is 5.29. The average molecular weight is 401 g/mol. The Labute approximate surface area is 169 Å². The van der Waals surface area contributed by atoms with Crippen LogP contribution in [0.2, 0.25) is 0 Å². The molecule has 0 aliphatic carbocycles. The molecule has 3 aromatic heterocycles. The Balaban J connectivity index is 2.18. The number of rotatable bonds is 7. The second-order valence-electron chi connectivity index (χ2n) is 8.59. The van der Waals surface area contributed by atoms with E-state index in [1.54, 1.807) is 6.20 Å². The molecule has 0 amide bonds. The van der Waals surface area contributed by atoms with Crippen LogP contribution < -0.4 is 16.7 Å². The van der Waals surface area contributed by atoms with Gasteiger partial charge in [0.1, 0.15) is 24.6 Å². The van der Waals surface area contributed by atoms with Gasteiger partial charge < -0.3 is 15.0 Å². The van der Waals surface area contributed by atoms with Crippen LogP contribution in [0.3, 0.4) is 0 Å². The number of aromatic amines is 3. The van der Waals surface area contributed by atoms with Gasteiger partial charge in [0.25, 0.3) is 0 Å².